The molecule has 4 aliphatic rings. The van der Waals surface area contributed by atoms with Crippen molar-refractivity contribution >= 4 is 11.9 Å². The Morgan fingerprint density at radius 2 is 1.63 bits per heavy atom. The van der Waals surface area contributed by atoms with Gasteiger partial charge in [0.2, 0.25) is 0 Å². The number of ether oxygens (including phenoxy) is 2. The number of hydrogen-bond acceptors (Lipinski definition) is 7. The lowest BCUT2D eigenvalue weighted by Crippen LogP contribution is -2.43. The van der Waals surface area contributed by atoms with Gasteiger partial charge >= 0.3 is 11.9 Å². The number of carbonyl (C=O) groups is 2. The third-order valence-corrected chi connectivity index (χ3v) is 4.64. The average molecular weight is 269 g/mol. The van der Waals surface area contributed by atoms with Crippen molar-refractivity contribution in [1.29, 1.82) is 0 Å². The number of nitrogens with zero attached hydrogens (tertiary/aromatic N) is 1. The van der Waals surface area contributed by atoms with Crippen molar-refractivity contribution in [3.05, 3.63) is 0 Å². The fourth-order valence-electron chi connectivity index (χ4n) is 3.79. The number of fused-ring (bicyclic) bond motifs is 3. The summed E-state index contributed by atoms with van der Waals surface area (Å²) in [4.78, 5) is 29.2. The van der Waals surface area contributed by atoms with Crippen LogP contribution in [0.15, 0.2) is 0 Å². The minimum absolute atomic E-state index is 0.0365. The number of hydroxylamine groups is 2. The van der Waals surface area contributed by atoms with Gasteiger partial charge in [-0.2, -0.15) is 5.06 Å². The summed E-state index contributed by atoms with van der Waals surface area (Å²) < 4.78 is 9.89. The Morgan fingerprint density at radius 3 is 2.32 bits per heavy atom. The summed E-state index contributed by atoms with van der Waals surface area (Å²) in [5.74, 6) is -1.41. The average Bonchev–Trinajstić information content (AvgIpc) is 3.06. The van der Waals surface area contributed by atoms with Gasteiger partial charge in [-0.1, -0.05) is 0 Å². The van der Waals surface area contributed by atoms with Crippen LogP contribution in [0.2, 0.25) is 0 Å². The minimum atomic E-state index is -0.785. The molecule has 0 aliphatic carbocycles. The first kappa shape index (κ1) is 11.6. The first-order chi connectivity index (χ1) is 9.16. The van der Waals surface area contributed by atoms with Crippen molar-refractivity contribution in [3.8, 4) is 0 Å². The molecule has 0 saturated carbocycles. The third kappa shape index (κ3) is 1.49. The van der Waals surface area contributed by atoms with E-state index >= 15 is 0 Å². The predicted octanol–water partition coefficient (Wildman–Crippen LogP) is -1.16. The van der Waals surface area contributed by atoms with Crippen molar-refractivity contribution in [1.82, 2.24) is 5.06 Å². The van der Waals surface area contributed by atoms with Crippen molar-refractivity contribution < 1.29 is 29.0 Å². The van der Waals surface area contributed by atoms with E-state index in [0.29, 0.717) is 0 Å². The highest BCUT2D eigenvalue weighted by Gasteiger charge is 2.60. The molecule has 19 heavy (non-hydrogen) atoms. The summed E-state index contributed by atoms with van der Waals surface area (Å²) in [6.45, 7) is 0.328. The second kappa shape index (κ2) is 3.91. The zero-order valence-corrected chi connectivity index (χ0v) is 10.2. The molecule has 4 rings (SSSR count). The van der Waals surface area contributed by atoms with E-state index < -0.39 is 12.0 Å². The van der Waals surface area contributed by atoms with Crippen LogP contribution in [0.3, 0.4) is 0 Å². The fraction of sp³-hybridized carbons (Fsp3) is 0.833. The summed E-state index contributed by atoms with van der Waals surface area (Å²) in [6.07, 6.45) is 0.470. The molecule has 4 heterocycles. The van der Waals surface area contributed by atoms with Crippen LogP contribution >= 0.6 is 0 Å². The van der Waals surface area contributed by atoms with Crippen LogP contribution < -0.4 is 0 Å². The summed E-state index contributed by atoms with van der Waals surface area (Å²) in [7, 11) is 0. The smallest absolute Gasteiger partial charge is 0.313 e. The molecular formula is C12H15NO6. The van der Waals surface area contributed by atoms with E-state index in [-0.39, 0.29) is 49.3 Å². The zero-order chi connectivity index (χ0) is 13.1. The van der Waals surface area contributed by atoms with Crippen LogP contribution in [0.25, 0.3) is 0 Å². The Labute approximate surface area is 109 Å². The van der Waals surface area contributed by atoms with E-state index in [1.807, 2.05) is 0 Å². The molecular weight excluding hydrogens is 254 g/mol. The number of cyclic esters (lactones) is 2. The quantitative estimate of drug-likeness (QED) is 0.601. The van der Waals surface area contributed by atoms with Gasteiger partial charge in [0.05, 0.1) is 12.1 Å². The van der Waals surface area contributed by atoms with Crippen LogP contribution in [-0.2, 0) is 23.9 Å². The number of aliphatic hydroxyl groups is 1. The minimum Gasteiger partial charge on any atom is -0.463 e. The molecule has 1 N–H and O–H groups in total. The predicted molar refractivity (Wildman–Crippen MR) is 58.4 cm³/mol. The molecule has 0 aromatic carbocycles. The molecule has 104 valence electrons. The number of aliphatic hydroxyl groups excluding tert-OH is 1. The molecule has 4 aliphatic heterocycles. The Hall–Kier alpha value is -1.18. The molecule has 0 aromatic heterocycles. The maximum Gasteiger partial charge on any atom is 0.313 e. The molecule has 6 atom stereocenters. The van der Waals surface area contributed by atoms with E-state index in [0.717, 1.165) is 12.8 Å². The molecule has 7 nitrogen and oxygen atoms in total. The number of rotatable bonds is 1. The molecule has 7 heteroatoms. The van der Waals surface area contributed by atoms with Gasteiger partial charge in [0.1, 0.15) is 37.3 Å². The molecule has 0 radical (unpaired) electrons. The van der Waals surface area contributed by atoms with E-state index in [1.54, 1.807) is 5.06 Å². The van der Waals surface area contributed by atoms with Crippen molar-refractivity contribution in [2.45, 2.75) is 37.1 Å². The van der Waals surface area contributed by atoms with Crippen LogP contribution in [0.5, 0.6) is 0 Å². The number of esters is 2. The summed E-state index contributed by atoms with van der Waals surface area (Å²) in [5.41, 5.74) is 0. The van der Waals surface area contributed by atoms with Gasteiger partial charge in [0.25, 0.3) is 0 Å². The van der Waals surface area contributed by atoms with Gasteiger partial charge < -0.3 is 14.6 Å². The molecule has 4 fully saturated rings. The van der Waals surface area contributed by atoms with Gasteiger partial charge in [-0.25, -0.2) is 0 Å². The maximum absolute atomic E-state index is 11.7. The zero-order valence-electron chi connectivity index (χ0n) is 10.2. The van der Waals surface area contributed by atoms with E-state index in [9.17, 15) is 14.7 Å². The SMILES string of the molecule is O=C1OC[C@@H]2ON3[C@@H](CC[C@H]3[C@@H]3C(=O)OC[C@@H]3O)[C@H]12. The molecule has 0 spiro atoms. The van der Waals surface area contributed by atoms with Gasteiger partial charge in [-0.3, -0.25) is 14.4 Å². The highest BCUT2D eigenvalue weighted by Crippen LogP contribution is 2.45. The molecule has 0 unspecified atom stereocenters. The normalized spacial score (nSPS) is 49.1. The van der Waals surface area contributed by atoms with Crippen LogP contribution in [0, 0.1) is 11.8 Å². The largest absolute Gasteiger partial charge is 0.463 e. The van der Waals surface area contributed by atoms with E-state index in [2.05, 4.69) is 0 Å². The molecule has 0 amide bonds. The Balaban J connectivity index is 1.58. The van der Waals surface area contributed by atoms with Crippen LogP contribution in [-0.4, -0.2) is 59.6 Å². The van der Waals surface area contributed by atoms with Gasteiger partial charge in [0.15, 0.2) is 0 Å². The lowest BCUT2D eigenvalue weighted by molar-refractivity contribution is -0.195. The third-order valence-electron chi connectivity index (χ3n) is 4.64. The summed E-state index contributed by atoms with van der Waals surface area (Å²) >= 11 is 0. The molecule has 0 aromatic rings. The van der Waals surface area contributed by atoms with Gasteiger partial charge in [-0.15, -0.1) is 0 Å². The van der Waals surface area contributed by atoms with Crippen molar-refractivity contribution in [2.75, 3.05) is 13.2 Å². The highest BCUT2D eigenvalue weighted by atomic mass is 16.7. The summed E-state index contributed by atoms with van der Waals surface area (Å²) in [5, 5.41) is 11.6. The Bertz CT molecular complexity index is 440. The fourth-order valence-corrected chi connectivity index (χ4v) is 3.79. The lowest BCUT2D eigenvalue weighted by Gasteiger charge is -2.27. The monoisotopic (exact) mass is 269 g/mol. The summed E-state index contributed by atoms with van der Waals surface area (Å²) in [6, 6.07) is -0.237. The maximum atomic E-state index is 11.7. The van der Waals surface area contributed by atoms with Crippen molar-refractivity contribution in [3.63, 3.8) is 0 Å². The van der Waals surface area contributed by atoms with Crippen LogP contribution in [0.1, 0.15) is 12.8 Å². The molecule has 4 saturated heterocycles. The van der Waals surface area contributed by atoms with Gasteiger partial charge in [0, 0.05) is 0 Å². The van der Waals surface area contributed by atoms with Gasteiger partial charge in [-0.05, 0) is 12.8 Å². The Kier molecular flexibility index (Phi) is 2.39. The van der Waals surface area contributed by atoms with Crippen molar-refractivity contribution in [2.24, 2.45) is 11.8 Å². The topological polar surface area (TPSA) is 85.3 Å². The highest BCUT2D eigenvalue weighted by molar-refractivity contribution is 5.77. The van der Waals surface area contributed by atoms with E-state index in [1.165, 1.54) is 0 Å². The number of carbonyl (C=O) groups excluding carboxylic acids is 2. The standard InChI is InChI=1S/C12H15NO6/c14-7-3-17-11(15)9(7)5-1-2-6-10-8(19-13(5)6)4-18-12(10)16/h5-10,14H,1-4H2/t5-,6-,7-,8-,9-,10-/m0/s1. The second-order valence-electron chi connectivity index (χ2n) is 5.59. The first-order valence-corrected chi connectivity index (χ1v) is 6.63. The van der Waals surface area contributed by atoms with Crippen LogP contribution in [0.4, 0.5) is 0 Å². The van der Waals surface area contributed by atoms with E-state index in [4.69, 9.17) is 14.3 Å². The Morgan fingerprint density at radius 1 is 1.00 bits per heavy atom. The first-order valence-electron chi connectivity index (χ1n) is 6.63. The second-order valence-corrected chi connectivity index (χ2v) is 5.59. The number of hydrogen-bond donors (Lipinski definition) is 1. The lowest BCUT2D eigenvalue weighted by atomic mass is 9.93. The molecule has 0 bridgehead atoms.